The minimum Gasteiger partial charge on any atom is -0.382 e. The van der Waals surface area contributed by atoms with Crippen LogP contribution in [0, 0.1) is 0 Å². The number of carbonyl (C=O) groups excluding carboxylic acids is 3. The summed E-state index contributed by atoms with van der Waals surface area (Å²) in [5.41, 5.74) is -1.47. The highest BCUT2D eigenvalue weighted by Crippen LogP contribution is 2.17. The van der Waals surface area contributed by atoms with Crippen LogP contribution >= 0.6 is 0 Å². The van der Waals surface area contributed by atoms with Crippen molar-refractivity contribution in [1.29, 1.82) is 0 Å². The molecule has 7 heteroatoms. The number of amides is 4. The lowest BCUT2D eigenvalue weighted by Crippen LogP contribution is -2.50. The van der Waals surface area contributed by atoms with E-state index in [9.17, 15) is 14.4 Å². The van der Waals surface area contributed by atoms with E-state index in [0.717, 1.165) is 11.3 Å². The normalized spacial score (nSPS) is 22.9. The second kappa shape index (κ2) is 5.78. The van der Waals surface area contributed by atoms with E-state index >= 15 is 0 Å². The molecule has 0 spiro atoms. The largest absolute Gasteiger partial charge is 0.382 e. The van der Waals surface area contributed by atoms with Crippen LogP contribution in [-0.4, -0.2) is 54.1 Å². The molecule has 0 aromatic rings. The van der Waals surface area contributed by atoms with Gasteiger partial charge in [0.05, 0.1) is 6.61 Å². The van der Waals surface area contributed by atoms with Gasteiger partial charge in [0, 0.05) is 12.6 Å². The molecule has 0 saturated carbocycles. The first kappa shape index (κ1) is 16.4. The molecule has 0 aromatic carbocycles. The monoisotopic (exact) mass is 285 g/mol. The highest BCUT2D eigenvalue weighted by atomic mass is 16.5. The van der Waals surface area contributed by atoms with Gasteiger partial charge in [-0.2, -0.15) is 0 Å². The Morgan fingerprint density at radius 2 is 2.05 bits per heavy atom. The average molecular weight is 285 g/mol. The molecule has 1 saturated heterocycles. The molecule has 1 fully saturated rings. The zero-order valence-electron chi connectivity index (χ0n) is 12.7. The van der Waals surface area contributed by atoms with Gasteiger partial charge in [0.2, 0.25) is 5.91 Å². The van der Waals surface area contributed by atoms with E-state index in [1.807, 2.05) is 20.8 Å². The van der Waals surface area contributed by atoms with Gasteiger partial charge in [-0.1, -0.05) is 6.92 Å². The number of hydrogen-bond donors (Lipinski definition) is 2. The van der Waals surface area contributed by atoms with Gasteiger partial charge in [-0.25, -0.2) is 4.79 Å². The van der Waals surface area contributed by atoms with Crippen LogP contribution < -0.4 is 10.6 Å². The maximum absolute atomic E-state index is 12.2. The van der Waals surface area contributed by atoms with E-state index in [1.54, 1.807) is 6.92 Å². The predicted molar refractivity (Wildman–Crippen MR) is 73.0 cm³/mol. The summed E-state index contributed by atoms with van der Waals surface area (Å²) in [6.07, 6.45) is 0.750. The van der Waals surface area contributed by atoms with Crippen LogP contribution in [0.4, 0.5) is 4.79 Å². The number of imide groups is 1. The lowest BCUT2D eigenvalue weighted by Gasteiger charge is -2.25. The second-order valence-electron chi connectivity index (χ2n) is 5.87. The van der Waals surface area contributed by atoms with Crippen LogP contribution in [0.2, 0.25) is 0 Å². The zero-order chi connectivity index (χ0) is 15.6. The van der Waals surface area contributed by atoms with Crippen molar-refractivity contribution in [2.45, 2.75) is 45.2 Å². The molecule has 0 aromatic heterocycles. The van der Waals surface area contributed by atoms with Crippen molar-refractivity contribution in [3.05, 3.63) is 0 Å². The van der Waals surface area contributed by atoms with Crippen LogP contribution in [0.15, 0.2) is 0 Å². The molecule has 20 heavy (non-hydrogen) atoms. The smallest absolute Gasteiger partial charge is 0.325 e. The molecule has 1 rings (SSSR count). The highest BCUT2D eigenvalue weighted by molar-refractivity contribution is 6.08. The minimum absolute atomic E-state index is 0.0656. The average Bonchev–Trinajstić information content (AvgIpc) is 2.53. The van der Waals surface area contributed by atoms with E-state index in [2.05, 4.69) is 10.6 Å². The number of hydrogen-bond acceptors (Lipinski definition) is 4. The fourth-order valence-corrected chi connectivity index (χ4v) is 1.93. The zero-order valence-corrected chi connectivity index (χ0v) is 12.7. The number of nitrogens with one attached hydrogen (secondary N) is 2. The molecule has 7 nitrogen and oxygen atoms in total. The topological polar surface area (TPSA) is 87.7 Å². The fraction of sp³-hybridized carbons (Fsp3) is 0.769. The first-order valence-corrected chi connectivity index (χ1v) is 6.59. The van der Waals surface area contributed by atoms with Crippen molar-refractivity contribution in [2.24, 2.45) is 0 Å². The third-order valence-electron chi connectivity index (χ3n) is 3.44. The molecule has 4 amide bonds. The van der Waals surface area contributed by atoms with E-state index < -0.39 is 17.5 Å². The van der Waals surface area contributed by atoms with Gasteiger partial charge >= 0.3 is 6.03 Å². The predicted octanol–water partition coefficient (Wildman–Crippen LogP) is 0.248. The Balaban J connectivity index is 2.71. The first-order chi connectivity index (χ1) is 9.15. The van der Waals surface area contributed by atoms with Crippen LogP contribution in [0.5, 0.6) is 0 Å². The molecule has 1 heterocycles. The standard InChI is InChI=1S/C13H23N3O4/c1-6-12(2,3)14-9(17)7-16-10(18)13(4,8-20-5)15-11(16)19/h6-8H2,1-5H3,(H,14,17)(H,15,19)/t13-/m0/s1. The van der Waals surface area contributed by atoms with Gasteiger partial charge in [-0.15, -0.1) is 0 Å². The molecule has 1 atom stereocenters. The maximum atomic E-state index is 12.2. The molecular weight excluding hydrogens is 262 g/mol. The molecule has 1 aliphatic rings. The summed E-state index contributed by atoms with van der Waals surface area (Å²) in [5, 5.41) is 5.33. The Bertz CT molecular complexity index is 422. The number of urea groups is 1. The molecule has 2 N–H and O–H groups in total. The third-order valence-corrected chi connectivity index (χ3v) is 3.44. The van der Waals surface area contributed by atoms with Gasteiger partial charge in [0.15, 0.2) is 0 Å². The Morgan fingerprint density at radius 1 is 1.45 bits per heavy atom. The van der Waals surface area contributed by atoms with E-state index in [4.69, 9.17) is 4.74 Å². The number of nitrogens with zero attached hydrogens (tertiary/aromatic N) is 1. The summed E-state index contributed by atoms with van der Waals surface area (Å²) in [6.45, 7) is 7.06. The van der Waals surface area contributed by atoms with Crippen molar-refractivity contribution in [3.63, 3.8) is 0 Å². The number of ether oxygens (including phenoxy) is 1. The Morgan fingerprint density at radius 3 is 2.55 bits per heavy atom. The van der Waals surface area contributed by atoms with Crippen molar-refractivity contribution in [2.75, 3.05) is 20.3 Å². The van der Waals surface area contributed by atoms with E-state index in [-0.39, 0.29) is 24.6 Å². The number of carbonyl (C=O) groups is 3. The van der Waals surface area contributed by atoms with Crippen molar-refractivity contribution in [3.8, 4) is 0 Å². The summed E-state index contributed by atoms with van der Waals surface area (Å²) in [6, 6.07) is -0.570. The molecule has 114 valence electrons. The second-order valence-corrected chi connectivity index (χ2v) is 5.87. The van der Waals surface area contributed by atoms with Crippen LogP contribution in [0.25, 0.3) is 0 Å². The number of methoxy groups -OCH3 is 1. The van der Waals surface area contributed by atoms with Crippen LogP contribution in [0.3, 0.4) is 0 Å². The summed E-state index contributed by atoms with van der Waals surface area (Å²) < 4.78 is 4.94. The maximum Gasteiger partial charge on any atom is 0.325 e. The van der Waals surface area contributed by atoms with Gasteiger partial charge in [-0.3, -0.25) is 14.5 Å². The van der Waals surface area contributed by atoms with Crippen LogP contribution in [0.1, 0.15) is 34.1 Å². The molecule has 0 unspecified atom stereocenters. The van der Waals surface area contributed by atoms with Gasteiger partial charge in [0.25, 0.3) is 5.91 Å². The Labute approximate surface area is 119 Å². The summed E-state index contributed by atoms with van der Waals surface area (Å²) in [4.78, 5) is 36.8. The summed E-state index contributed by atoms with van der Waals surface area (Å²) in [5.74, 6) is -0.809. The molecule has 1 aliphatic heterocycles. The Kier molecular flexibility index (Phi) is 4.75. The van der Waals surface area contributed by atoms with Crippen LogP contribution in [-0.2, 0) is 14.3 Å². The van der Waals surface area contributed by atoms with Crippen molar-refractivity contribution in [1.82, 2.24) is 15.5 Å². The highest BCUT2D eigenvalue weighted by Gasteiger charge is 2.48. The fourth-order valence-electron chi connectivity index (χ4n) is 1.93. The minimum atomic E-state index is -1.10. The first-order valence-electron chi connectivity index (χ1n) is 6.59. The molecule has 0 aliphatic carbocycles. The van der Waals surface area contributed by atoms with Gasteiger partial charge in [0.1, 0.15) is 12.1 Å². The van der Waals surface area contributed by atoms with E-state index in [0.29, 0.717) is 0 Å². The lowest BCUT2D eigenvalue weighted by atomic mass is 10.0. The SMILES string of the molecule is CCC(C)(C)NC(=O)CN1C(=O)N[C@@](C)(COC)C1=O. The van der Waals surface area contributed by atoms with E-state index in [1.165, 1.54) is 7.11 Å². The quantitative estimate of drug-likeness (QED) is 0.685. The number of rotatable bonds is 6. The summed E-state index contributed by atoms with van der Waals surface area (Å²) >= 11 is 0. The molecule has 0 radical (unpaired) electrons. The third kappa shape index (κ3) is 3.47. The molecule has 0 bridgehead atoms. The van der Waals surface area contributed by atoms with Gasteiger partial charge in [-0.05, 0) is 27.2 Å². The molecular formula is C13H23N3O4. The summed E-state index contributed by atoms with van der Waals surface area (Å²) in [7, 11) is 1.45. The van der Waals surface area contributed by atoms with Crippen molar-refractivity contribution < 1.29 is 19.1 Å². The Hall–Kier alpha value is -1.63. The lowest BCUT2D eigenvalue weighted by molar-refractivity contribution is -0.136. The van der Waals surface area contributed by atoms with Crippen molar-refractivity contribution >= 4 is 17.8 Å². The van der Waals surface area contributed by atoms with Gasteiger partial charge < -0.3 is 15.4 Å².